The van der Waals surface area contributed by atoms with Crippen LogP contribution in [0.1, 0.15) is 24.5 Å². The Morgan fingerprint density at radius 3 is 2.16 bits per heavy atom. The summed E-state index contributed by atoms with van der Waals surface area (Å²) in [6, 6.07) is 17.7. The van der Waals surface area contributed by atoms with Gasteiger partial charge in [-0.2, -0.15) is 11.8 Å². The van der Waals surface area contributed by atoms with Crippen molar-refractivity contribution in [2.24, 2.45) is 5.73 Å². The highest BCUT2D eigenvalue weighted by atomic mass is 32.2. The molecule has 0 radical (unpaired) electrons. The molecule has 2 rings (SSSR count). The number of benzene rings is 2. The molecule has 3 amide bonds. The SMILES string of the molecule is CSCC[C@H](NC(=O)[C@](C)(Cc1ccccc1)NC(=O)OCc1ccccc1)C(N)=O. The van der Waals surface area contributed by atoms with Gasteiger partial charge in [0.15, 0.2) is 0 Å². The van der Waals surface area contributed by atoms with Crippen LogP contribution in [-0.2, 0) is 27.4 Å². The van der Waals surface area contributed by atoms with Crippen molar-refractivity contribution >= 4 is 29.7 Å². The lowest BCUT2D eigenvalue weighted by Gasteiger charge is -2.31. The van der Waals surface area contributed by atoms with Gasteiger partial charge in [-0.3, -0.25) is 9.59 Å². The minimum atomic E-state index is -1.35. The van der Waals surface area contributed by atoms with Gasteiger partial charge in [0.1, 0.15) is 18.2 Å². The van der Waals surface area contributed by atoms with Crippen LogP contribution in [0.2, 0.25) is 0 Å². The second-order valence-corrected chi connectivity index (χ2v) is 8.38. The molecule has 8 heteroatoms. The first-order valence-corrected chi connectivity index (χ1v) is 11.4. The molecule has 2 atom stereocenters. The second-order valence-electron chi connectivity index (χ2n) is 7.39. The Bertz CT molecular complexity index is 864. The number of hydrogen-bond acceptors (Lipinski definition) is 5. The fraction of sp³-hybridized carbons (Fsp3) is 0.348. The summed E-state index contributed by atoms with van der Waals surface area (Å²) in [5, 5.41) is 5.38. The minimum absolute atomic E-state index is 0.0767. The quantitative estimate of drug-likeness (QED) is 0.494. The molecule has 0 fully saturated rings. The predicted molar refractivity (Wildman–Crippen MR) is 122 cm³/mol. The van der Waals surface area contributed by atoms with Gasteiger partial charge in [0, 0.05) is 6.42 Å². The summed E-state index contributed by atoms with van der Waals surface area (Å²) < 4.78 is 5.30. The number of ether oxygens (including phenoxy) is 1. The lowest BCUT2D eigenvalue weighted by molar-refractivity contribution is -0.131. The van der Waals surface area contributed by atoms with E-state index in [0.717, 1.165) is 11.1 Å². The number of carbonyl (C=O) groups is 3. The summed E-state index contributed by atoms with van der Waals surface area (Å²) in [5.41, 5.74) is 5.80. The third-order valence-electron chi connectivity index (χ3n) is 4.75. The molecule has 7 nitrogen and oxygen atoms in total. The number of carbonyl (C=O) groups excluding carboxylic acids is 3. The van der Waals surface area contributed by atoms with E-state index in [-0.39, 0.29) is 13.0 Å². The zero-order valence-corrected chi connectivity index (χ0v) is 18.6. The molecule has 0 saturated heterocycles. The maximum absolute atomic E-state index is 13.2. The van der Waals surface area contributed by atoms with Gasteiger partial charge in [0.2, 0.25) is 11.8 Å². The zero-order chi connectivity index (χ0) is 22.7. The molecule has 2 aromatic carbocycles. The van der Waals surface area contributed by atoms with Crippen molar-refractivity contribution in [1.82, 2.24) is 10.6 Å². The van der Waals surface area contributed by atoms with E-state index in [1.54, 1.807) is 18.7 Å². The second kappa shape index (κ2) is 12.0. The van der Waals surface area contributed by atoms with E-state index in [2.05, 4.69) is 10.6 Å². The van der Waals surface area contributed by atoms with Crippen LogP contribution in [0, 0.1) is 0 Å². The Hall–Kier alpha value is -3.00. The first-order valence-electron chi connectivity index (χ1n) is 9.96. The zero-order valence-electron chi connectivity index (χ0n) is 17.8. The summed E-state index contributed by atoms with van der Waals surface area (Å²) in [6.45, 7) is 1.68. The molecular weight excluding hydrogens is 414 g/mol. The van der Waals surface area contributed by atoms with Crippen molar-refractivity contribution in [2.75, 3.05) is 12.0 Å². The molecule has 0 saturated carbocycles. The molecule has 0 heterocycles. The highest BCUT2D eigenvalue weighted by Gasteiger charge is 2.37. The maximum Gasteiger partial charge on any atom is 0.408 e. The van der Waals surface area contributed by atoms with E-state index in [1.165, 1.54) is 0 Å². The molecule has 0 aliphatic rings. The van der Waals surface area contributed by atoms with Crippen LogP contribution in [0.5, 0.6) is 0 Å². The Morgan fingerprint density at radius 1 is 1.03 bits per heavy atom. The Kier molecular flexibility index (Phi) is 9.40. The van der Waals surface area contributed by atoms with Gasteiger partial charge in [0.05, 0.1) is 0 Å². The molecule has 0 aliphatic carbocycles. The first-order chi connectivity index (χ1) is 14.8. The Morgan fingerprint density at radius 2 is 1.61 bits per heavy atom. The number of amides is 3. The van der Waals surface area contributed by atoms with Crippen molar-refractivity contribution in [3.05, 3.63) is 71.8 Å². The number of hydrogen-bond donors (Lipinski definition) is 3. The van der Waals surface area contributed by atoms with Gasteiger partial charge in [-0.25, -0.2) is 4.79 Å². The van der Waals surface area contributed by atoms with Crippen LogP contribution in [0.3, 0.4) is 0 Å². The molecule has 166 valence electrons. The normalized spacial score (nSPS) is 13.5. The summed E-state index contributed by atoms with van der Waals surface area (Å²) in [5.74, 6) is -0.454. The molecule has 0 spiro atoms. The maximum atomic E-state index is 13.2. The van der Waals surface area contributed by atoms with Crippen molar-refractivity contribution in [1.29, 1.82) is 0 Å². The molecule has 0 aromatic heterocycles. The van der Waals surface area contributed by atoms with Crippen LogP contribution < -0.4 is 16.4 Å². The van der Waals surface area contributed by atoms with Gasteiger partial charge < -0.3 is 21.1 Å². The van der Waals surface area contributed by atoms with Crippen molar-refractivity contribution in [3.63, 3.8) is 0 Å². The van der Waals surface area contributed by atoms with Gasteiger partial charge in [-0.05, 0) is 36.5 Å². The number of nitrogens with one attached hydrogen (secondary N) is 2. The van der Waals surface area contributed by atoms with Gasteiger partial charge >= 0.3 is 6.09 Å². The molecule has 0 unspecified atom stereocenters. The van der Waals surface area contributed by atoms with Crippen LogP contribution in [-0.4, -0.2) is 41.5 Å². The van der Waals surface area contributed by atoms with Crippen LogP contribution in [0.4, 0.5) is 4.79 Å². The standard InChI is InChI=1S/C23H29N3O4S/c1-23(15-17-9-5-3-6-10-17,21(28)25-19(20(24)27)13-14-31-2)26-22(29)30-16-18-11-7-4-8-12-18/h3-12,19H,13-16H2,1-2H3,(H2,24,27)(H,25,28)(H,26,29)/t19-,23-/m0/s1. The van der Waals surface area contributed by atoms with E-state index < -0.39 is 29.5 Å². The Balaban J connectivity index is 2.14. The van der Waals surface area contributed by atoms with Crippen molar-refractivity contribution in [3.8, 4) is 0 Å². The third kappa shape index (κ3) is 7.97. The summed E-state index contributed by atoms with van der Waals surface area (Å²) in [6.07, 6.45) is 1.80. The molecule has 0 aliphatic heterocycles. The number of thioether (sulfide) groups is 1. The minimum Gasteiger partial charge on any atom is -0.445 e. The van der Waals surface area contributed by atoms with Crippen molar-refractivity contribution < 1.29 is 19.1 Å². The number of primary amides is 1. The van der Waals surface area contributed by atoms with E-state index in [4.69, 9.17) is 10.5 Å². The summed E-state index contributed by atoms with van der Waals surface area (Å²) in [4.78, 5) is 37.5. The lowest BCUT2D eigenvalue weighted by atomic mass is 9.91. The molecular formula is C23H29N3O4S. The molecule has 0 bridgehead atoms. The first kappa shape index (κ1) is 24.3. The van der Waals surface area contributed by atoms with E-state index in [9.17, 15) is 14.4 Å². The number of rotatable bonds is 11. The monoisotopic (exact) mass is 443 g/mol. The fourth-order valence-electron chi connectivity index (χ4n) is 3.01. The van der Waals surface area contributed by atoms with Gasteiger partial charge in [-0.15, -0.1) is 0 Å². The predicted octanol–water partition coefficient (Wildman–Crippen LogP) is 2.64. The lowest BCUT2D eigenvalue weighted by Crippen LogP contribution is -2.61. The average molecular weight is 444 g/mol. The fourth-order valence-corrected chi connectivity index (χ4v) is 3.48. The highest BCUT2D eigenvalue weighted by Crippen LogP contribution is 2.16. The van der Waals surface area contributed by atoms with E-state index in [1.807, 2.05) is 66.9 Å². The molecule has 31 heavy (non-hydrogen) atoms. The molecule has 2 aromatic rings. The smallest absolute Gasteiger partial charge is 0.408 e. The van der Waals surface area contributed by atoms with E-state index >= 15 is 0 Å². The summed E-state index contributed by atoms with van der Waals surface area (Å²) in [7, 11) is 0. The van der Waals surface area contributed by atoms with Crippen molar-refractivity contribution in [2.45, 2.75) is 38.0 Å². The third-order valence-corrected chi connectivity index (χ3v) is 5.40. The molecule has 4 N–H and O–H groups in total. The topological polar surface area (TPSA) is 111 Å². The van der Waals surface area contributed by atoms with Gasteiger partial charge in [0.25, 0.3) is 0 Å². The average Bonchev–Trinajstić information content (AvgIpc) is 2.76. The van der Waals surface area contributed by atoms with Crippen LogP contribution >= 0.6 is 11.8 Å². The van der Waals surface area contributed by atoms with Gasteiger partial charge in [-0.1, -0.05) is 60.7 Å². The summed E-state index contributed by atoms with van der Waals surface area (Å²) >= 11 is 1.55. The Labute approximate surface area is 187 Å². The van der Waals surface area contributed by atoms with E-state index in [0.29, 0.717) is 12.2 Å². The number of alkyl carbamates (subject to hydrolysis) is 1. The number of nitrogens with two attached hydrogens (primary N) is 1. The van der Waals surface area contributed by atoms with Crippen LogP contribution in [0.25, 0.3) is 0 Å². The largest absolute Gasteiger partial charge is 0.445 e. The van der Waals surface area contributed by atoms with Crippen LogP contribution in [0.15, 0.2) is 60.7 Å². The highest BCUT2D eigenvalue weighted by molar-refractivity contribution is 7.98.